The second-order valence-electron chi connectivity index (χ2n) is 11.7. The van der Waals surface area contributed by atoms with Crippen LogP contribution in [0.4, 0.5) is 10.2 Å². The lowest BCUT2D eigenvalue weighted by Crippen LogP contribution is -2.47. The van der Waals surface area contributed by atoms with Gasteiger partial charge in [-0.05, 0) is 82.9 Å². The molecule has 226 valence electrons. The first-order valence-electron chi connectivity index (χ1n) is 13.8. The molecule has 44 heavy (non-hydrogen) atoms. The maximum absolute atomic E-state index is 13.9. The number of aryl methyl sites for hydroxylation is 2. The van der Waals surface area contributed by atoms with E-state index in [-0.39, 0.29) is 51.6 Å². The normalized spacial score (nSPS) is 20.5. The number of carboxylic acids is 1. The topological polar surface area (TPSA) is 160 Å². The number of piperidine rings is 1. The van der Waals surface area contributed by atoms with Crippen molar-refractivity contribution in [2.24, 2.45) is 5.41 Å². The third-order valence-electron chi connectivity index (χ3n) is 8.42. The lowest BCUT2D eigenvalue weighted by molar-refractivity contribution is -0.138. The minimum atomic E-state index is -1.24. The number of pyridine rings is 1. The molecule has 14 heteroatoms. The highest BCUT2D eigenvalue weighted by molar-refractivity contribution is 9.10. The lowest BCUT2D eigenvalue weighted by Gasteiger charge is -2.27. The highest BCUT2D eigenvalue weighted by Crippen LogP contribution is 2.59. The summed E-state index contributed by atoms with van der Waals surface area (Å²) in [6, 6.07) is 3.97. The Labute approximate surface area is 258 Å². The van der Waals surface area contributed by atoms with Crippen LogP contribution in [0.25, 0.3) is 22.0 Å². The van der Waals surface area contributed by atoms with Crippen molar-refractivity contribution in [3.05, 3.63) is 63.7 Å². The molecule has 3 atom stereocenters. The molecule has 2 amide bonds. The van der Waals surface area contributed by atoms with Crippen molar-refractivity contribution in [3.8, 4) is 11.1 Å². The molecule has 3 aromatic heterocycles. The van der Waals surface area contributed by atoms with E-state index in [0.29, 0.717) is 34.0 Å². The predicted octanol–water partition coefficient (Wildman–Crippen LogP) is 4.33. The van der Waals surface area contributed by atoms with Crippen LogP contribution in [0.5, 0.6) is 0 Å². The number of anilines is 1. The van der Waals surface area contributed by atoms with Gasteiger partial charge in [0.05, 0.1) is 5.52 Å². The van der Waals surface area contributed by atoms with Crippen LogP contribution >= 0.6 is 15.9 Å². The fourth-order valence-electron chi connectivity index (χ4n) is 6.11. The molecule has 2 fully saturated rings. The van der Waals surface area contributed by atoms with Crippen molar-refractivity contribution in [3.63, 3.8) is 0 Å². The standard InChI is InChI=1S/C30H27BrFN7O5/c1-13-5-16(17-10-33-27(29(43)44)34-11-17)7-18-23(15(3)40)37-38(24(13)18)12-22(41)39-20(8-30(4)9-21(30)39)28(42)36-26-14(2)6-19(32)25(31)35-26/h5-7,10-11,20-21H,8-9,12H2,1-4H3,(H,43,44)(H,35,36,42)/t20-,21+,30-/m0/s1. The molecule has 0 spiro atoms. The maximum atomic E-state index is 13.9. The molecule has 4 aromatic rings. The molecule has 12 nitrogen and oxygen atoms in total. The van der Waals surface area contributed by atoms with Crippen LogP contribution in [-0.4, -0.2) is 70.4 Å². The second kappa shape index (κ2) is 10.5. The van der Waals surface area contributed by atoms with Crippen molar-refractivity contribution >= 4 is 56.2 Å². The van der Waals surface area contributed by atoms with Crippen LogP contribution in [0.1, 0.15) is 58.9 Å². The van der Waals surface area contributed by atoms with Crippen molar-refractivity contribution in [2.75, 3.05) is 5.32 Å². The minimum Gasteiger partial charge on any atom is -0.475 e. The van der Waals surface area contributed by atoms with Gasteiger partial charge in [-0.3, -0.25) is 19.1 Å². The van der Waals surface area contributed by atoms with Crippen LogP contribution in [0, 0.1) is 25.1 Å². The number of Topliss-reactive ketones (excluding diaryl/α,β-unsaturated/α-hetero) is 1. The number of carboxylic acid groups (broad SMARTS) is 1. The number of rotatable bonds is 7. The zero-order valence-electron chi connectivity index (χ0n) is 24.2. The first-order valence-corrected chi connectivity index (χ1v) is 14.6. The summed E-state index contributed by atoms with van der Waals surface area (Å²) in [5.74, 6) is -2.94. The van der Waals surface area contributed by atoms with Gasteiger partial charge in [-0.1, -0.05) is 6.92 Å². The van der Waals surface area contributed by atoms with Gasteiger partial charge in [0.2, 0.25) is 17.6 Å². The Hall–Kier alpha value is -4.59. The molecule has 0 radical (unpaired) electrons. The van der Waals surface area contributed by atoms with Gasteiger partial charge in [0.1, 0.15) is 28.7 Å². The highest BCUT2D eigenvalue weighted by atomic mass is 79.9. The number of amides is 2. The predicted molar refractivity (Wildman–Crippen MR) is 159 cm³/mol. The Morgan fingerprint density at radius 1 is 1.09 bits per heavy atom. The number of benzene rings is 1. The van der Waals surface area contributed by atoms with Gasteiger partial charge in [-0.25, -0.2) is 24.1 Å². The number of hydrogen-bond acceptors (Lipinski definition) is 8. The smallest absolute Gasteiger partial charge is 0.373 e. The van der Waals surface area contributed by atoms with Gasteiger partial charge in [0.15, 0.2) is 11.6 Å². The number of ketones is 1. The summed E-state index contributed by atoms with van der Waals surface area (Å²) in [7, 11) is 0. The van der Waals surface area contributed by atoms with Gasteiger partial charge in [0.25, 0.3) is 0 Å². The average Bonchev–Trinajstić information content (AvgIpc) is 3.32. The number of nitrogens with zero attached hydrogens (tertiary/aromatic N) is 6. The van der Waals surface area contributed by atoms with E-state index >= 15 is 0 Å². The van der Waals surface area contributed by atoms with Crippen LogP contribution in [-0.2, 0) is 16.1 Å². The van der Waals surface area contributed by atoms with Crippen molar-refractivity contribution in [1.82, 2.24) is 29.6 Å². The Morgan fingerprint density at radius 3 is 2.45 bits per heavy atom. The number of aromatic carboxylic acids is 1. The van der Waals surface area contributed by atoms with E-state index < -0.39 is 23.7 Å². The second-order valence-corrected chi connectivity index (χ2v) is 12.4. The molecule has 0 bridgehead atoms. The Bertz CT molecular complexity index is 1910. The quantitative estimate of drug-likeness (QED) is 0.217. The summed E-state index contributed by atoms with van der Waals surface area (Å²) in [6.45, 7) is 6.69. The molecular formula is C30H27BrFN7O5. The van der Waals surface area contributed by atoms with E-state index in [1.807, 2.05) is 19.9 Å². The number of carbonyl (C=O) groups is 4. The summed E-state index contributed by atoms with van der Waals surface area (Å²) in [4.78, 5) is 64.6. The number of aromatic nitrogens is 5. The number of likely N-dealkylation sites (tertiary alicyclic amines) is 1. The Kier molecular flexibility index (Phi) is 7.06. The third-order valence-corrected chi connectivity index (χ3v) is 8.98. The van der Waals surface area contributed by atoms with E-state index in [1.54, 1.807) is 17.9 Å². The molecule has 4 heterocycles. The lowest BCUT2D eigenvalue weighted by atomic mass is 10.0. The first kappa shape index (κ1) is 29.5. The fourth-order valence-corrected chi connectivity index (χ4v) is 6.40. The van der Waals surface area contributed by atoms with E-state index in [1.165, 1.54) is 30.1 Å². The van der Waals surface area contributed by atoms with E-state index in [4.69, 9.17) is 5.11 Å². The number of hydrogen-bond donors (Lipinski definition) is 2. The van der Waals surface area contributed by atoms with Crippen molar-refractivity contribution in [1.29, 1.82) is 0 Å². The average molecular weight is 664 g/mol. The monoisotopic (exact) mass is 663 g/mol. The van der Waals surface area contributed by atoms with Gasteiger partial charge < -0.3 is 15.3 Å². The molecule has 2 N–H and O–H groups in total. The highest BCUT2D eigenvalue weighted by Gasteiger charge is 2.64. The number of fused-ring (bicyclic) bond motifs is 2. The fraction of sp³-hybridized carbons (Fsp3) is 0.333. The largest absolute Gasteiger partial charge is 0.475 e. The summed E-state index contributed by atoms with van der Waals surface area (Å²) in [6.07, 6.45) is 4.03. The van der Waals surface area contributed by atoms with Gasteiger partial charge in [-0.2, -0.15) is 5.10 Å². The van der Waals surface area contributed by atoms with Crippen LogP contribution < -0.4 is 5.32 Å². The molecule has 1 aliphatic heterocycles. The first-order chi connectivity index (χ1) is 20.8. The molecule has 1 aromatic carbocycles. The van der Waals surface area contributed by atoms with Crippen LogP contribution in [0.2, 0.25) is 0 Å². The molecule has 6 rings (SSSR count). The van der Waals surface area contributed by atoms with E-state index in [2.05, 4.69) is 41.3 Å². The van der Waals surface area contributed by atoms with Gasteiger partial charge in [0, 0.05) is 36.3 Å². The number of carbonyl (C=O) groups excluding carboxylic acids is 3. The molecule has 1 saturated carbocycles. The van der Waals surface area contributed by atoms with Crippen LogP contribution in [0.15, 0.2) is 35.2 Å². The Balaban J connectivity index is 1.31. The summed E-state index contributed by atoms with van der Waals surface area (Å²) in [5, 5.41) is 16.9. The van der Waals surface area contributed by atoms with E-state index in [0.717, 1.165) is 12.0 Å². The van der Waals surface area contributed by atoms with Gasteiger partial charge >= 0.3 is 5.97 Å². The van der Waals surface area contributed by atoms with Crippen molar-refractivity contribution < 1.29 is 28.7 Å². The summed E-state index contributed by atoms with van der Waals surface area (Å²) >= 11 is 3.05. The summed E-state index contributed by atoms with van der Waals surface area (Å²) < 4.78 is 15.4. The summed E-state index contributed by atoms with van der Waals surface area (Å²) in [5.41, 5.74) is 2.95. The van der Waals surface area contributed by atoms with E-state index in [9.17, 15) is 23.6 Å². The minimum absolute atomic E-state index is 0.0253. The Morgan fingerprint density at radius 2 is 1.80 bits per heavy atom. The zero-order chi connectivity index (χ0) is 31.7. The molecular weight excluding hydrogens is 637 g/mol. The molecule has 2 aliphatic rings. The molecule has 1 aliphatic carbocycles. The van der Waals surface area contributed by atoms with Crippen molar-refractivity contribution in [2.45, 2.75) is 59.2 Å². The van der Waals surface area contributed by atoms with Crippen LogP contribution in [0.3, 0.4) is 0 Å². The molecule has 1 saturated heterocycles. The molecule has 0 unspecified atom stereocenters. The third kappa shape index (κ3) is 5.02. The number of halogens is 2. The SMILES string of the molecule is CC(=O)c1nn(CC(=O)N2[C@H](C(=O)Nc3nc(Br)c(F)cc3C)C[C@@]3(C)C[C@@H]23)c2c(C)cc(-c3cnc(C(=O)O)nc3)cc12. The van der Waals surface area contributed by atoms with Gasteiger partial charge in [-0.15, -0.1) is 0 Å². The maximum Gasteiger partial charge on any atom is 0.373 e. The zero-order valence-corrected chi connectivity index (χ0v) is 25.8. The number of nitrogens with one attached hydrogen (secondary N) is 1.